The molecule has 2 aromatic rings. The van der Waals surface area contributed by atoms with E-state index in [-0.39, 0.29) is 0 Å². The van der Waals surface area contributed by atoms with Crippen molar-refractivity contribution in [3.63, 3.8) is 0 Å². The first-order chi connectivity index (χ1) is 10.2. The van der Waals surface area contributed by atoms with Crippen LogP contribution in [-0.2, 0) is 13.1 Å². The van der Waals surface area contributed by atoms with E-state index in [4.69, 9.17) is 0 Å². The first-order valence-electron chi connectivity index (χ1n) is 7.52. The Hall–Kier alpha value is -1.94. The molecule has 1 aliphatic carbocycles. The molecule has 110 valence electrons. The lowest BCUT2D eigenvalue weighted by Crippen LogP contribution is -2.20. The summed E-state index contributed by atoms with van der Waals surface area (Å²) >= 11 is 0. The zero-order chi connectivity index (χ0) is 14.7. The van der Waals surface area contributed by atoms with Crippen molar-refractivity contribution in [3.8, 4) is 0 Å². The first-order valence-corrected chi connectivity index (χ1v) is 7.52. The Labute approximate surface area is 126 Å². The Morgan fingerprint density at radius 2 is 1.95 bits per heavy atom. The van der Waals surface area contributed by atoms with Crippen molar-refractivity contribution in [2.75, 3.05) is 11.9 Å². The minimum absolute atomic E-state index is 0.716. The number of aryl methyl sites for hydroxylation is 1. The van der Waals surface area contributed by atoms with E-state index in [0.717, 1.165) is 24.6 Å². The molecule has 0 amide bonds. The number of nitrogens with zero attached hydrogens (tertiary/aromatic N) is 3. The number of nitrogens with one attached hydrogen (secondary N) is 1. The number of aromatic nitrogens is 2. The molecule has 0 radical (unpaired) electrons. The molecule has 0 spiro atoms. The molecule has 0 aliphatic heterocycles. The van der Waals surface area contributed by atoms with Gasteiger partial charge in [-0.15, -0.1) is 0 Å². The van der Waals surface area contributed by atoms with Gasteiger partial charge in [0, 0.05) is 44.1 Å². The molecule has 0 saturated heterocycles. The molecule has 1 aromatic carbocycles. The summed E-state index contributed by atoms with van der Waals surface area (Å²) in [6.45, 7) is 3.80. The summed E-state index contributed by atoms with van der Waals surface area (Å²) in [5, 5.41) is 3.47. The third kappa shape index (κ3) is 4.02. The Kier molecular flexibility index (Phi) is 4.15. The summed E-state index contributed by atoms with van der Waals surface area (Å²) < 4.78 is 0. The van der Waals surface area contributed by atoms with Crippen LogP contribution in [0, 0.1) is 6.92 Å². The van der Waals surface area contributed by atoms with Gasteiger partial charge in [-0.3, -0.25) is 0 Å². The van der Waals surface area contributed by atoms with Crippen LogP contribution in [0.3, 0.4) is 0 Å². The maximum atomic E-state index is 4.47. The average Bonchev–Trinajstić information content (AvgIpc) is 3.30. The van der Waals surface area contributed by atoms with Crippen LogP contribution in [-0.4, -0.2) is 23.1 Å². The quantitative estimate of drug-likeness (QED) is 0.884. The number of hydrogen-bond donors (Lipinski definition) is 1. The van der Waals surface area contributed by atoms with Crippen LogP contribution in [0.5, 0.6) is 0 Å². The number of anilines is 1. The average molecular weight is 282 g/mol. The predicted octanol–water partition coefficient (Wildman–Crippen LogP) is 2.67. The van der Waals surface area contributed by atoms with Crippen LogP contribution in [0.2, 0.25) is 0 Å². The van der Waals surface area contributed by atoms with Crippen molar-refractivity contribution < 1.29 is 0 Å². The summed E-state index contributed by atoms with van der Waals surface area (Å²) in [6.07, 6.45) is 6.45. The summed E-state index contributed by atoms with van der Waals surface area (Å²) in [5.41, 5.74) is 3.71. The van der Waals surface area contributed by atoms with E-state index < -0.39 is 0 Å². The lowest BCUT2D eigenvalue weighted by molar-refractivity contribution is 0.682. The molecule has 1 aliphatic rings. The van der Waals surface area contributed by atoms with Crippen LogP contribution in [0.25, 0.3) is 0 Å². The highest BCUT2D eigenvalue weighted by Crippen LogP contribution is 2.19. The van der Waals surface area contributed by atoms with E-state index in [2.05, 4.69) is 51.4 Å². The minimum atomic E-state index is 0.716. The maximum absolute atomic E-state index is 4.47. The Morgan fingerprint density at radius 3 is 2.62 bits per heavy atom. The van der Waals surface area contributed by atoms with Crippen LogP contribution in [0.4, 0.5) is 5.95 Å². The maximum Gasteiger partial charge on any atom is 0.225 e. The molecular formula is C17H22N4. The fourth-order valence-corrected chi connectivity index (χ4v) is 2.34. The van der Waals surface area contributed by atoms with Gasteiger partial charge in [-0.05, 0) is 25.3 Å². The van der Waals surface area contributed by atoms with Crippen LogP contribution < -0.4 is 10.2 Å². The normalized spacial score (nSPS) is 14.2. The highest BCUT2D eigenvalue weighted by molar-refractivity contribution is 5.32. The van der Waals surface area contributed by atoms with Gasteiger partial charge in [0.05, 0.1) is 0 Å². The van der Waals surface area contributed by atoms with E-state index in [1.165, 1.54) is 24.0 Å². The zero-order valence-corrected chi connectivity index (χ0v) is 12.7. The van der Waals surface area contributed by atoms with Crippen LogP contribution >= 0.6 is 0 Å². The van der Waals surface area contributed by atoms with E-state index in [9.17, 15) is 0 Å². The molecule has 0 atom stereocenters. The van der Waals surface area contributed by atoms with Gasteiger partial charge in [0.1, 0.15) is 0 Å². The second-order valence-corrected chi connectivity index (χ2v) is 5.89. The Morgan fingerprint density at radius 1 is 1.19 bits per heavy atom. The van der Waals surface area contributed by atoms with E-state index >= 15 is 0 Å². The first kappa shape index (κ1) is 14.0. The van der Waals surface area contributed by atoms with Gasteiger partial charge in [0.15, 0.2) is 0 Å². The fraction of sp³-hybridized carbons (Fsp3) is 0.412. The van der Waals surface area contributed by atoms with Crippen LogP contribution in [0.15, 0.2) is 36.7 Å². The third-order valence-corrected chi connectivity index (χ3v) is 3.71. The van der Waals surface area contributed by atoms with Crippen LogP contribution in [0.1, 0.15) is 29.5 Å². The molecule has 1 saturated carbocycles. The van der Waals surface area contributed by atoms with Crippen molar-refractivity contribution >= 4 is 5.95 Å². The Bertz CT molecular complexity index is 590. The summed E-state index contributed by atoms with van der Waals surface area (Å²) in [6, 6.07) is 9.25. The standard InChI is InChI=1S/C17H22N4/c1-13-4-3-5-14(8-13)12-21(2)17-19-10-15(11-20-17)9-18-16-6-7-16/h3-5,8,10-11,16,18H,6-7,9,12H2,1-2H3. The SMILES string of the molecule is Cc1cccc(CN(C)c2ncc(CNC3CC3)cn2)c1. The number of benzene rings is 1. The van der Waals surface area contributed by atoms with Crippen molar-refractivity contribution in [1.82, 2.24) is 15.3 Å². The molecule has 4 heteroatoms. The molecule has 1 aromatic heterocycles. The third-order valence-electron chi connectivity index (χ3n) is 3.71. The predicted molar refractivity (Wildman–Crippen MR) is 85.2 cm³/mol. The van der Waals surface area contributed by atoms with Crippen molar-refractivity contribution in [2.24, 2.45) is 0 Å². The topological polar surface area (TPSA) is 41.1 Å². The van der Waals surface area contributed by atoms with Crippen molar-refractivity contribution in [1.29, 1.82) is 0 Å². The largest absolute Gasteiger partial charge is 0.340 e. The molecule has 0 bridgehead atoms. The van der Waals surface area contributed by atoms with E-state index in [0.29, 0.717) is 6.04 Å². The lowest BCUT2D eigenvalue weighted by atomic mass is 10.1. The summed E-state index contributed by atoms with van der Waals surface area (Å²) in [7, 11) is 2.03. The molecule has 0 unspecified atom stereocenters. The summed E-state index contributed by atoms with van der Waals surface area (Å²) in [5.74, 6) is 0.770. The molecule has 21 heavy (non-hydrogen) atoms. The minimum Gasteiger partial charge on any atom is -0.340 e. The zero-order valence-electron chi connectivity index (χ0n) is 12.7. The van der Waals surface area contributed by atoms with Gasteiger partial charge in [-0.1, -0.05) is 29.8 Å². The molecule has 3 rings (SSSR count). The number of hydrogen-bond acceptors (Lipinski definition) is 4. The Balaban J connectivity index is 1.59. The molecule has 1 heterocycles. The monoisotopic (exact) mass is 282 g/mol. The van der Waals surface area contributed by atoms with Gasteiger partial charge in [-0.25, -0.2) is 9.97 Å². The van der Waals surface area contributed by atoms with Gasteiger partial charge < -0.3 is 10.2 Å². The molecule has 4 nitrogen and oxygen atoms in total. The van der Waals surface area contributed by atoms with Gasteiger partial charge in [0.25, 0.3) is 0 Å². The lowest BCUT2D eigenvalue weighted by Gasteiger charge is -2.17. The van der Waals surface area contributed by atoms with E-state index in [1.807, 2.05) is 19.4 Å². The van der Waals surface area contributed by atoms with Gasteiger partial charge in [-0.2, -0.15) is 0 Å². The van der Waals surface area contributed by atoms with Gasteiger partial charge in [0.2, 0.25) is 5.95 Å². The second-order valence-electron chi connectivity index (χ2n) is 5.89. The van der Waals surface area contributed by atoms with Crippen molar-refractivity contribution in [2.45, 2.75) is 38.9 Å². The van der Waals surface area contributed by atoms with E-state index in [1.54, 1.807) is 0 Å². The number of rotatable bonds is 6. The summed E-state index contributed by atoms with van der Waals surface area (Å²) in [4.78, 5) is 11.0. The molecule has 1 N–H and O–H groups in total. The van der Waals surface area contributed by atoms with Gasteiger partial charge >= 0.3 is 0 Å². The molecule has 1 fully saturated rings. The highest BCUT2D eigenvalue weighted by atomic mass is 15.2. The second kappa shape index (κ2) is 6.22. The fourth-order valence-electron chi connectivity index (χ4n) is 2.34. The smallest absolute Gasteiger partial charge is 0.225 e. The van der Waals surface area contributed by atoms with Crippen molar-refractivity contribution in [3.05, 3.63) is 53.3 Å². The highest BCUT2D eigenvalue weighted by Gasteiger charge is 2.20. The molecular weight excluding hydrogens is 260 g/mol.